The summed E-state index contributed by atoms with van der Waals surface area (Å²) < 4.78 is 10.9. The highest BCUT2D eigenvalue weighted by molar-refractivity contribution is 5.59. The molecule has 0 saturated carbocycles. The van der Waals surface area contributed by atoms with E-state index in [0.717, 1.165) is 43.2 Å². The average molecular weight is 305 g/mol. The van der Waals surface area contributed by atoms with Crippen molar-refractivity contribution in [3.8, 4) is 5.75 Å². The summed E-state index contributed by atoms with van der Waals surface area (Å²) in [6, 6.07) is 5.56. The fraction of sp³-hybridized carbons (Fsp3) is 0.562. The van der Waals surface area contributed by atoms with Crippen LogP contribution in [0.2, 0.25) is 0 Å². The molecular formula is C16H23N3O3. The summed E-state index contributed by atoms with van der Waals surface area (Å²) in [7, 11) is 0. The molecule has 2 atom stereocenters. The van der Waals surface area contributed by atoms with Crippen LogP contribution in [0, 0.1) is 0 Å². The van der Waals surface area contributed by atoms with Crippen LogP contribution in [-0.2, 0) is 9.53 Å². The summed E-state index contributed by atoms with van der Waals surface area (Å²) in [6.07, 6.45) is 1.98. The molecule has 0 amide bonds. The van der Waals surface area contributed by atoms with Gasteiger partial charge in [0.15, 0.2) is 0 Å². The maximum atomic E-state index is 10.9. The average Bonchev–Trinajstić information content (AvgIpc) is 3.05. The molecule has 1 saturated heterocycles. The molecule has 0 radical (unpaired) electrons. The Bertz CT molecular complexity index is 517. The molecule has 0 spiro atoms. The normalized spacial score (nSPS) is 20.4. The van der Waals surface area contributed by atoms with E-state index in [1.165, 1.54) is 12.8 Å². The van der Waals surface area contributed by atoms with Crippen molar-refractivity contribution in [1.82, 2.24) is 4.90 Å². The number of nitrogens with two attached hydrogens (primary N) is 1. The van der Waals surface area contributed by atoms with Crippen LogP contribution in [-0.4, -0.2) is 50.2 Å². The van der Waals surface area contributed by atoms with Crippen molar-refractivity contribution in [2.24, 2.45) is 5.73 Å². The Balaban J connectivity index is 1.75. The van der Waals surface area contributed by atoms with Gasteiger partial charge in [0.2, 0.25) is 0 Å². The molecule has 6 nitrogen and oxygen atoms in total. The molecule has 22 heavy (non-hydrogen) atoms. The van der Waals surface area contributed by atoms with Crippen LogP contribution in [0.15, 0.2) is 18.2 Å². The zero-order chi connectivity index (χ0) is 15.4. The summed E-state index contributed by atoms with van der Waals surface area (Å²) in [5.74, 6) is 0.789. The van der Waals surface area contributed by atoms with E-state index < -0.39 is 6.10 Å². The first-order valence-electron chi connectivity index (χ1n) is 7.85. The van der Waals surface area contributed by atoms with E-state index in [0.29, 0.717) is 13.1 Å². The van der Waals surface area contributed by atoms with Crippen molar-refractivity contribution < 1.29 is 14.3 Å². The maximum Gasteiger partial charge on any atom is 0.293 e. The SMILES string of the molecule is N[C@H](CN1CCCC1)[C@H](OC=O)c1ccc2c(c1)OCCN2. The Kier molecular flexibility index (Phi) is 4.80. The van der Waals surface area contributed by atoms with Crippen LogP contribution < -0.4 is 15.8 Å². The molecule has 1 fully saturated rings. The molecule has 0 bridgehead atoms. The lowest BCUT2D eigenvalue weighted by Crippen LogP contribution is -2.41. The highest BCUT2D eigenvalue weighted by Crippen LogP contribution is 2.32. The summed E-state index contributed by atoms with van der Waals surface area (Å²) in [4.78, 5) is 13.2. The van der Waals surface area contributed by atoms with Crippen molar-refractivity contribution in [3.05, 3.63) is 23.8 Å². The highest BCUT2D eigenvalue weighted by atomic mass is 16.5. The molecule has 1 aromatic rings. The van der Waals surface area contributed by atoms with Crippen LogP contribution in [0.4, 0.5) is 5.69 Å². The number of anilines is 1. The predicted octanol–water partition coefficient (Wildman–Crippen LogP) is 1.13. The number of carbonyl (C=O) groups excluding carboxylic acids is 1. The minimum Gasteiger partial charge on any atom is -0.490 e. The van der Waals surface area contributed by atoms with Crippen molar-refractivity contribution in [3.63, 3.8) is 0 Å². The zero-order valence-corrected chi connectivity index (χ0v) is 12.7. The number of nitrogens with one attached hydrogen (secondary N) is 1. The predicted molar refractivity (Wildman–Crippen MR) is 84.0 cm³/mol. The second-order valence-corrected chi connectivity index (χ2v) is 5.86. The largest absolute Gasteiger partial charge is 0.490 e. The molecule has 2 aliphatic heterocycles. The Morgan fingerprint density at radius 3 is 3.00 bits per heavy atom. The fourth-order valence-corrected chi connectivity index (χ4v) is 3.17. The molecule has 120 valence electrons. The number of carbonyl (C=O) groups is 1. The Morgan fingerprint density at radius 1 is 1.41 bits per heavy atom. The minimum atomic E-state index is -0.450. The molecule has 3 rings (SSSR count). The van der Waals surface area contributed by atoms with Gasteiger partial charge in [-0.25, -0.2) is 0 Å². The van der Waals surface area contributed by atoms with Gasteiger partial charge in [-0.15, -0.1) is 0 Å². The van der Waals surface area contributed by atoms with Crippen LogP contribution in [0.25, 0.3) is 0 Å². The second-order valence-electron chi connectivity index (χ2n) is 5.86. The second kappa shape index (κ2) is 6.98. The number of hydrogen-bond acceptors (Lipinski definition) is 6. The van der Waals surface area contributed by atoms with Gasteiger partial charge in [0.25, 0.3) is 6.47 Å². The van der Waals surface area contributed by atoms with Crippen LogP contribution >= 0.6 is 0 Å². The van der Waals surface area contributed by atoms with Crippen molar-refractivity contribution in [2.75, 3.05) is 38.1 Å². The number of benzene rings is 1. The molecule has 6 heteroatoms. The van der Waals surface area contributed by atoms with Crippen LogP contribution in [0.5, 0.6) is 5.75 Å². The van der Waals surface area contributed by atoms with E-state index in [9.17, 15) is 4.79 Å². The van der Waals surface area contributed by atoms with Crippen molar-refractivity contribution in [1.29, 1.82) is 0 Å². The maximum absolute atomic E-state index is 10.9. The van der Waals surface area contributed by atoms with Crippen molar-refractivity contribution >= 4 is 12.2 Å². The molecule has 1 aromatic carbocycles. The van der Waals surface area contributed by atoms with Gasteiger partial charge in [-0.1, -0.05) is 6.07 Å². The Morgan fingerprint density at radius 2 is 2.23 bits per heavy atom. The van der Waals surface area contributed by atoms with E-state index >= 15 is 0 Å². The van der Waals surface area contributed by atoms with Crippen LogP contribution in [0.1, 0.15) is 24.5 Å². The number of fused-ring (bicyclic) bond motifs is 1. The summed E-state index contributed by atoms with van der Waals surface area (Å²) in [5.41, 5.74) is 8.15. The van der Waals surface area contributed by atoms with E-state index in [1.807, 2.05) is 18.2 Å². The van der Waals surface area contributed by atoms with Gasteiger partial charge >= 0.3 is 0 Å². The minimum absolute atomic E-state index is 0.252. The number of rotatable bonds is 6. The third-order valence-electron chi connectivity index (χ3n) is 4.27. The van der Waals surface area contributed by atoms with E-state index in [1.54, 1.807) is 0 Å². The van der Waals surface area contributed by atoms with Gasteiger partial charge in [0.1, 0.15) is 18.5 Å². The first-order valence-corrected chi connectivity index (χ1v) is 7.85. The third kappa shape index (κ3) is 3.34. The van der Waals surface area contributed by atoms with Gasteiger partial charge < -0.3 is 25.4 Å². The lowest BCUT2D eigenvalue weighted by Gasteiger charge is -2.28. The van der Waals surface area contributed by atoms with E-state index in [-0.39, 0.29) is 6.04 Å². The highest BCUT2D eigenvalue weighted by Gasteiger charge is 2.26. The molecule has 0 aromatic heterocycles. The molecular weight excluding hydrogens is 282 g/mol. The Hall–Kier alpha value is -1.79. The number of likely N-dealkylation sites (tertiary alicyclic amines) is 1. The first-order chi connectivity index (χ1) is 10.8. The van der Waals surface area contributed by atoms with Gasteiger partial charge in [0.05, 0.1) is 11.7 Å². The van der Waals surface area contributed by atoms with E-state index in [2.05, 4.69) is 10.2 Å². The molecule has 3 N–H and O–H groups in total. The third-order valence-corrected chi connectivity index (χ3v) is 4.27. The van der Waals surface area contributed by atoms with Gasteiger partial charge in [0, 0.05) is 13.1 Å². The van der Waals surface area contributed by atoms with Crippen molar-refractivity contribution in [2.45, 2.75) is 25.0 Å². The van der Waals surface area contributed by atoms with Gasteiger partial charge in [-0.2, -0.15) is 0 Å². The summed E-state index contributed by atoms with van der Waals surface area (Å²) in [5, 5.41) is 3.27. The lowest BCUT2D eigenvalue weighted by atomic mass is 10.0. The standard InChI is InChI=1S/C16H23N3O3/c17-13(10-19-6-1-2-7-19)16(22-11-20)12-3-4-14-15(9-12)21-8-5-18-14/h3-4,9,11,13,16,18H,1-2,5-8,10,17H2/t13-,16-/m1/s1. The smallest absolute Gasteiger partial charge is 0.293 e. The zero-order valence-electron chi connectivity index (χ0n) is 12.7. The molecule has 2 heterocycles. The Labute approximate surface area is 130 Å². The molecule has 0 unspecified atom stereocenters. The lowest BCUT2D eigenvalue weighted by molar-refractivity contribution is -0.135. The monoisotopic (exact) mass is 305 g/mol. The summed E-state index contributed by atoms with van der Waals surface area (Å²) in [6.45, 7) is 4.78. The van der Waals surface area contributed by atoms with Gasteiger partial charge in [-0.05, 0) is 43.6 Å². The van der Waals surface area contributed by atoms with E-state index in [4.69, 9.17) is 15.2 Å². The number of ether oxygens (including phenoxy) is 2. The quantitative estimate of drug-likeness (QED) is 0.767. The number of nitrogens with zero attached hydrogens (tertiary/aromatic N) is 1. The molecule has 2 aliphatic rings. The first kappa shape index (κ1) is 15.1. The number of hydrogen-bond donors (Lipinski definition) is 2. The summed E-state index contributed by atoms with van der Waals surface area (Å²) >= 11 is 0. The van der Waals surface area contributed by atoms with Crippen LogP contribution in [0.3, 0.4) is 0 Å². The van der Waals surface area contributed by atoms with Gasteiger partial charge in [-0.3, -0.25) is 4.79 Å². The fourth-order valence-electron chi connectivity index (χ4n) is 3.17. The molecule has 0 aliphatic carbocycles. The topological polar surface area (TPSA) is 76.8 Å².